The predicted molar refractivity (Wildman–Crippen MR) is 116 cm³/mol. The number of hydrogen-bond acceptors (Lipinski definition) is 7. The van der Waals surface area contributed by atoms with Gasteiger partial charge in [-0.3, -0.25) is 0 Å². The summed E-state index contributed by atoms with van der Waals surface area (Å²) in [6.07, 6.45) is -6.77. The van der Waals surface area contributed by atoms with E-state index in [0.717, 1.165) is 12.1 Å². The molecule has 1 aromatic rings. The fraction of sp³-hybridized carbons (Fsp3) is 0.579. The highest BCUT2D eigenvalue weighted by Crippen LogP contribution is 2.34. The van der Waals surface area contributed by atoms with Gasteiger partial charge in [0.15, 0.2) is 9.84 Å². The molecule has 0 unspecified atom stereocenters. The highest BCUT2D eigenvalue weighted by molar-refractivity contribution is 9.10. The van der Waals surface area contributed by atoms with Crippen LogP contribution < -0.4 is 15.4 Å². The number of nitrogens with one attached hydrogen (secondary N) is 2. The van der Waals surface area contributed by atoms with Gasteiger partial charge in [0.2, 0.25) is 0 Å². The summed E-state index contributed by atoms with van der Waals surface area (Å²) in [4.78, 5) is 22.8. The Bertz CT molecular complexity index is 961. The van der Waals surface area contributed by atoms with Crippen molar-refractivity contribution in [1.82, 2.24) is 10.6 Å². The van der Waals surface area contributed by atoms with Gasteiger partial charge in [0.25, 0.3) is 0 Å². The van der Waals surface area contributed by atoms with Gasteiger partial charge in [-0.2, -0.15) is 0 Å². The largest absolute Gasteiger partial charge is 0.573 e. The van der Waals surface area contributed by atoms with E-state index in [0.29, 0.717) is 0 Å². The molecule has 9 nitrogen and oxygen atoms in total. The summed E-state index contributed by atoms with van der Waals surface area (Å²) in [6.45, 7) is 7.59. The topological polar surface area (TPSA) is 120 Å². The molecule has 0 bridgehead atoms. The second-order valence-corrected chi connectivity index (χ2v) is 11.3. The van der Waals surface area contributed by atoms with Crippen molar-refractivity contribution >= 4 is 38.0 Å². The van der Waals surface area contributed by atoms with Crippen LogP contribution in [0.1, 0.15) is 34.6 Å². The van der Waals surface area contributed by atoms with E-state index in [4.69, 9.17) is 9.47 Å². The van der Waals surface area contributed by atoms with Crippen LogP contribution in [-0.2, 0) is 19.3 Å². The molecule has 14 heteroatoms. The SMILES string of the molecule is CC(C)(C)OC(=O)NCCNC(=O)OC(C)(C)CS(=O)(=O)c1ccc(Br)cc1OC(F)(F)F. The Labute approximate surface area is 198 Å². The molecular weight excluding hydrogens is 537 g/mol. The van der Waals surface area contributed by atoms with Crippen LogP contribution in [0.5, 0.6) is 5.75 Å². The number of ether oxygens (including phenoxy) is 3. The number of alkyl halides is 3. The Hall–Kier alpha value is -2.22. The summed E-state index contributed by atoms with van der Waals surface area (Å²) in [7, 11) is -4.36. The first kappa shape index (κ1) is 28.8. The van der Waals surface area contributed by atoms with Gasteiger partial charge in [-0.25, -0.2) is 18.0 Å². The summed E-state index contributed by atoms with van der Waals surface area (Å²) in [6, 6.07) is 3.08. The van der Waals surface area contributed by atoms with Crippen molar-refractivity contribution in [3.8, 4) is 5.75 Å². The van der Waals surface area contributed by atoms with Gasteiger partial charge < -0.3 is 24.8 Å². The van der Waals surface area contributed by atoms with Crippen LogP contribution in [0.2, 0.25) is 0 Å². The number of rotatable bonds is 8. The van der Waals surface area contributed by atoms with E-state index >= 15 is 0 Å². The van der Waals surface area contributed by atoms with E-state index in [1.54, 1.807) is 20.8 Å². The van der Waals surface area contributed by atoms with E-state index < -0.39 is 56.0 Å². The van der Waals surface area contributed by atoms with Crippen LogP contribution in [0.15, 0.2) is 27.6 Å². The zero-order valence-corrected chi connectivity index (χ0v) is 21.0. The Morgan fingerprint density at radius 1 is 0.970 bits per heavy atom. The third-order valence-corrected chi connectivity index (χ3v) is 6.01. The number of benzene rings is 1. The molecule has 0 aliphatic carbocycles. The van der Waals surface area contributed by atoms with Gasteiger partial charge in [-0.15, -0.1) is 13.2 Å². The maximum atomic E-state index is 12.8. The Balaban J connectivity index is 2.74. The average molecular weight is 563 g/mol. The molecule has 1 rings (SSSR count). The Morgan fingerprint density at radius 2 is 1.48 bits per heavy atom. The minimum atomic E-state index is -5.11. The van der Waals surface area contributed by atoms with Gasteiger partial charge in [0.1, 0.15) is 21.8 Å². The fourth-order valence-electron chi connectivity index (χ4n) is 2.44. The van der Waals surface area contributed by atoms with Crippen LogP contribution in [0.25, 0.3) is 0 Å². The van der Waals surface area contributed by atoms with Crippen molar-refractivity contribution in [2.45, 2.75) is 57.1 Å². The molecular formula is C19H26BrF3N2O7S. The minimum absolute atomic E-state index is 0.0137. The molecule has 0 fully saturated rings. The quantitative estimate of drug-likeness (QED) is 0.456. The summed E-state index contributed by atoms with van der Waals surface area (Å²) in [5.74, 6) is -1.73. The molecule has 33 heavy (non-hydrogen) atoms. The zero-order chi connectivity index (χ0) is 25.7. The molecule has 0 saturated heterocycles. The summed E-state index contributed by atoms with van der Waals surface area (Å²) in [5, 5.41) is 4.74. The molecule has 0 spiro atoms. The lowest BCUT2D eigenvalue weighted by atomic mass is 10.2. The molecule has 1 aromatic carbocycles. The molecule has 0 aliphatic heterocycles. The van der Waals surface area contributed by atoms with Crippen molar-refractivity contribution in [1.29, 1.82) is 0 Å². The molecule has 0 aliphatic rings. The number of amides is 2. The van der Waals surface area contributed by atoms with E-state index in [9.17, 15) is 31.2 Å². The number of alkyl carbamates (subject to hydrolysis) is 2. The summed E-state index contributed by atoms with van der Waals surface area (Å²) in [5.41, 5.74) is -2.30. The van der Waals surface area contributed by atoms with Crippen LogP contribution in [0.4, 0.5) is 22.8 Å². The number of carbonyl (C=O) groups excluding carboxylic acids is 2. The molecule has 0 atom stereocenters. The van der Waals surface area contributed by atoms with Gasteiger partial charge in [-0.1, -0.05) is 15.9 Å². The summed E-state index contributed by atoms with van der Waals surface area (Å²) >= 11 is 2.96. The Kier molecular flexibility index (Phi) is 9.43. The lowest BCUT2D eigenvalue weighted by Gasteiger charge is -2.25. The van der Waals surface area contributed by atoms with E-state index in [1.165, 1.54) is 19.9 Å². The van der Waals surface area contributed by atoms with Crippen LogP contribution in [0, 0.1) is 0 Å². The van der Waals surface area contributed by atoms with Gasteiger partial charge in [-0.05, 0) is 52.8 Å². The molecule has 0 saturated carbocycles. The number of carbonyl (C=O) groups is 2. The third-order valence-electron chi connectivity index (χ3n) is 3.44. The molecule has 0 radical (unpaired) electrons. The maximum Gasteiger partial charge on any atom is 0.573 e. The Morgan fingerprint density at radius 3 is 1.97 bits per heavy atom. The van der Waals surface area contributed by atoms with Crippen LogP contribution in [-0.4, -0.2) is 57.0 Å². The first-order valence-corrected chi connectivity index (χ1v) is 12.0. The van der Waals surface area contributed by atoms with Gasteiger partial charge in [0.05, 0.1) is 5.75 Å². The van der Waals surface area contributed by atoms with Crippen molar-refractivity contribution < 1.29 is 45.4 Å². The second-order valence-electron chi connectivity index (χ2n) is 8.40. The first-order valence-electron chi connectivity index (χ1n) is 9.51. The summed E-state index contributed by atoms with van der Waals surface area (Å²) < 4.78 is 77.7. The highest BCUT2D eigenvalue weighted by Gasteiger charge is 2.37. The van der Waals surface area contributed by atoms with E-state index in [-0.39, 0.29) is 17.6 Å². The maximum absolute atomic E-state index is 12.8. The van der Waals surface area contributed by atoms with Crippen molar-refractivity contribution in [3.63, 3.8) is 0 Å². The third kappa shape index (κ3) is 11.5. The van der Waals surface area contributed by atoms with E-state index in [2.05, 4.69) is 31.3 Å². The molecule has 0 aromatic heterocycles. The first-order chi connectivity index (χ1) is 14.8. The van der Waals surface area contributed by atoms with Crippen molar-refractivity contribution in [2.24, 2.45) is 0 Å². The number of hydrogen-bond donors (Lipinski definition) is 2. The standard InChI is InChI=1S/C19H26BrF3N2O7S/c1-17(2,3)31-15(26)24-8-9-25-16(27)32-18(4,5)11-33(28,29)14-7-6-12(20)10-13(14)30-19(21,22)23/h6-7,10H,8-9,11H2,1-5H3,(H,24,26)(H,25,27). The highest BCUT2D eigenvalue weighted by atomic mass is 79.9. The van der Waals surface area contributed by atoms with Crippen LogP contribution in [0.3, 0.4) is 0 Å². The second kappa shape index (κ2) is 10.8. The lowest BCUT2D eigenvalue weighted by Crippen LogP contribution is -2.42. The minimum Gasteiger partial charge on any atom is -0.444 e. The van der Waals surface area contributed by atoms with E-state index in [1.807, 2.05) is 0 Å². The van der Waals surface area contributed by atoms with Gasteiger partial charge in [0, 0.05) is 17.6 Å². The predicted octanol–water partition coefficient (Wildman–Crippen LogP) is 4.15. The van der Waals surface area contributed by atoms with Crippen molar-refractivity contribution in [3.05, 3.63) is 22.7 Å². The fourth-order valence-corrected chi connectivity index (χ4v) is 4.59. The molecule has 0 heterocycles. The number of halogens is 4. The van der Waals surface area contributed by atoms with Crippen molar-refractivity contribution in [2.75, 3.05) is 18.8 Å². The monoisotopic (exact) mass is 562 g/mol. The van der Waals surface area contributed by atoms with Gasteiger partial charge >= 0.3 is 18.5 Å². The number of sulfone groups is 1. The van der Waals surface area contributed by atoms with Crippen LogP contribution >= 0.6 is 15.9 Å². The molecule has 188 valence electrons. The smallest absolute Gasteiger partial charge is 0.444 e. The average Bonchev–Trinajstić information content (AvgIpc) is 2.53. The molecule has 2 N–H and O–H groups in total. The zero-order valence-electron chi connectivity index (χ0n) is 18.6. The lowest BCUT2D eigenvalue weighted by molar-refractivity contribution is -0.275. The molecule has 2 amide bonds. The normalized spacial score (nSPS) is 12.6.